The van der Waals surface area contributed by atoms with Crippen molar-refractivity contribution in [2.24, 2.45) is 11.8 Å². The van der Waals surface area contributed by atoms with Crippen LogP contribution < -0.4 is 5.32 Å². The van der Waals surface area contributed by atoms with E-state index in [1.165, 1.54) is 30.4 Å². The molecule has 3 rings (SSSR count). The molecule has 1 saturated carbocycles. The highest BCUT2D eigenvalue weighted by molar-refractivity contribution is 5.91. The number of hydrogen-bond acceptors (Lipinski definition) is 2. The van der Waals surface area contributed by atoms with Crippen LogP contribution in [0.4, 0.5) is 0 Å². The minimum atomic E-state index is -0.828. The molecule has 0 bridgehead atoms. The van der Waals surface area contributed by atoms with Crippen LogP contribution in [0.2, 0.25) is 0 Å². The van der Waals surface area contributed by atoms with E-state index >= 15 is 0 Å². The predicted octanol–water partition coefficient (Wildman–Crippen LogP) is 5.07. The molecule has 1 aliphatic carbocycles. The third-order valence-electron chi connectivity index (χ3n) is 6.96. The van der Waals surface area contributed by atoms with Crippen molar-refractivity contribution in [3.05, 3.63) is 57.9 Å². The maximum Gasteiger partial charge on any atom is 0.337 e. The highest BCUT2D eigenvalue weighted by atomic mass is 16.4. The van der Waals surface area contributed by atoms with Crippen molar-refractivity contribution >= 4 is 5.97 Å². The van der Waals surface area contributed by atoms with Crippen molar-refractivity contribution < 1.29 is 9.90 Å². The normalized spacial score (nSPS) is 22.4. The molecule has 2 N–H and O–H groups in total. The van der Waals surface area contributed by atoms with E-state index in [1.807, 2.05) is 19.1 Å². The zero-order valence-electron chi connectivity index (χ0n) is 17.9. The molecule has 0 spiro atoms. The molecule has 152 valence electrons. The lowest BCUT2D eigenvalue weighted by molar-refractivity contribution is 0.0694. The lowest BCUT2D eigenvalue weighted by Gasteiger charge is -2.34. The molecule has 3 atom stereocenters. The van der Waals surface area contributed by atoms with E-state index in [1.54, 1.807) is 0 Å². The molecule has 0 radical (unpaired) electrons. The second-order valence-electron chi connectivity index (χ2n) is 8.60. The number of benzene rings is 1. The molecule has 1 fully saturated rings. The molecule has 4 nitrogen and oxygen atoms in total. The number of rotatable bonds is 6. The standard InChI is InChI=1S/C24H34N2O2/c1-15-10-8-12-22(17(15)3)25-13-21-18(4)26(19(5)23(21)24(27)28)14-20-11-7-6-9-16(20)2/h6-7,9,11,15,17,22,25H,8,10,12-14H2,1-5H3,(H,27,28). The van der Waals surface area contributed by atoms with Crippen LogP contribution in [0.1, 0.15) is 71.5 Å². The molecule has 1 aromatic heterocycles. The maximum absolute atomic E-state index is 12.1. The minimum Gasteiger partial charge on any atom is -0.478 e. The van der Waals surface area contributed by atoms with Crippen LogP contribution in [-0.2, 0) is 13.1 Å². The summed E-state index contributed by atoms with van der Waals surface area (Å²) in [5.41, 5.74) is 5.77. The van der Waals surface area contributed by atoms with Crippen molar-refractivity contribution in [2.75, 3.05) is 0 Å². The molecule has 1 aromatic carbocycles. The Hall–Kier alpha value is -2.07. The average molecular weight is 383 g/mol. The largest absolute Gasteiger partial charge is 0.478 e. The van der Waals surface area contributed by atoms with Gasteiger partial charge in [0.15, 0.2) is 0 Å². The number of aryl methyl sites for hydroxylation is 1. The summed E-state index contributed by atoms with van der Waals surface area (Å²) in [6.07, 6.45) is 3.72. The van der Waals surface area contributed by atoms with Crippen LogP contribution in [-0.4, -0.2) is 21.7 Å². The average Bonchev–Trinajstić information content (AvgIpc) is 2.89. The van der Waals surface area contributed by atoms with Crippen LogP contribution in [0.3, 0.4) is 0 Å². The lowest BCUT2D eigenvalue weighted by Crippen LogP contribution is -2.40. The van der Waals surface area contributed by atoms with Gasteiger partial charge in [0.25, 0.3) is 0 Å². The Morgan fingerprint density at radius 2 is 1.86 bits per heavy atom. The summed E-state index contributed by atoms with van der Waals surface area (Å²) in [5.74, 6) is 0.516. The van der Waals surface area contributed by atoms with E-state index in [2.05, 4.69) is 49.7 Å². The van der Waals surface area contributed by atoms with Crippen molar-refractivity contribution in [3.63, 3.8) is 0 Å². The van der Waals surface area contributed by atoms with Gasteiger partial charge in [-0.25, -0.2) is 4.79 Å². The summed E-state index contributed by atoms with van der Waals surface area (Å²) in [7, 11) is 0. The van der Waals surface area contributed by atoms with Gasteiger partial charge in [-0.1, -0.05) is 51.0 Å². The van der Waals surface area contributed by atoms with E-state index in [0.717, 1.165) is 22.9 Å². The van der Waals surface area contributed by atoms with E-state index in [9.17, 15) is 9.90 Å². The Balaban J connectivity index is 1.88. The molecule has 0 saturated heterocycles. The Labute approximate surface area is 169 Å². The highest BCUT2D eigenvalue weighted by Crippen LogP contribution is 2.31. The summed E-state index contributed by atoms with van der Waals surface area (Å²) < 4.78 is 2.16. The zero-order valence-corrected chi connectivity index (χ0v) is 17.9. The van der Waals surface area contributed by atoms with Gasteiger partial charge in [-0.15, -0.1) is 0 Å². The third kappa shape index (κ3) is 4.02. The van der Waals surface area contributed by atoms with Crippen molar-refractivity contribution in [1.82, 2.24) is 9.88 Å². The molecule has 1 aliphatic rings. The highest BCUT2D eigenvalue weighted by Gasteiger charge is 2.28. The monoisotopic (exact) mass is 382 g/mol. The number of aromatic nitrogens is 1. The summed E-state index contributed by atoms with van der Waals surface area (Å²) in [4.78, 5) is 12.1. The third-order valence-corrected chi connectivity index (χ3v) is 6.96. The summed E-state index contributed by atoms with van der Waals surface area (Å²) in [6.45, 7) is 12.1. The lowest BCUT2D eigenvalue weighted by atomic mass is 9.78. The molecule has 0 amide bonds. The Morgan fingerprint density at radius 1 is 1.14 bits per heavy atom. The van der Waals surface area contributed by atoms with Gasteiger partial charge in [0.1, 0.15) is 0 Å². The number of hydrogen-bond donors (Lipinski definition) is 2. The molecule has 2 aromatic rings. The first-order valence-electron chi connectivity index (χ1n) is 10.5. The molecule has 0 aliphatic heterocycles. The molecular formula is C24H34N2O2. The van der Waals surface area contributed by atoms with Crippen molar-refractivity contribution in [2.45, 2.75) is 73.0 Å². The molecule has 1 heterocycles. The summed E-state index contributed by atoms with van der Waals surface area (Å²) >= 11 is 0. The van der Waals surface area contributed by atoms with Crippen LogP contribution in [0.5, 0.6) is 0 Å². The van der Waals surface area contributed by atoms with Crippen molar-refractivity contribution in [3.8, 4) is 0 Å². The smallest absolute Gasteiger partial charge is 0.337 e. The summed E-state index contributed by atoms with van der Waals surface area (Å²) in [6, 6.07) is 8.78. The second-order valence-corrected chi connectivity index (χ2v) is 8.60. The second kappa shape index (κ2) is 8.52. The van der Waals surface area contributed by atoms with Gasteiger partial charge in [0.05, 0.1) is 5.56 Å². The van der Waals surface area contributed by atoms with Gasteiger partial charge in [-0.3, -0.25) is 0 Å². The molecule has 4 heteroatoms. The minimum absolute atomic E-state index is 0.463. The van der Waals surface area contributed by atoms with Gasteiger partial charge >= 0.3 is 5.97 Å². The Kier molecular flexibility index (Phi) is 6.29. The molecular weight excluding hydrogens is 348 g/mol. The van der Waals surface area contributed by atoms with E-state index in [0.29, 0.717) is 30.6 Å². The van der Waals surface area contributed by atoms with Gasteiger partial charge in [0, 0.05) is 36.1 Å². The molecule has 28 heavy (non-hydrogen) atoms. The van der Waals surface area contributed by atoms with Gasteiger partial charge < -0.3 is 15.0 Å². The SMILES string of the molecule is Cc1ccccc1Cn1c(C)c(CNC2CCCC(C)C2C)c(C(=O)O)c1C. The fraction of sp³-hybridized carbons (Fsp3) is 0.542. The van der Waals surface area contributed by atoms with Gasteiger partial charge in [-0.05, 0) is 50.2 Å². The number of carbonyl (C=O) groups is 1. The van der Waals surface area contributed by atoms with Crippen LogP contribution in [0.25, 0.3) is 0 Å². The first kappa shape index (κ1) is 20.7. The topological polar surface area (TPSA) is 54.3 Å². The Morgan fingerprint density at radius 3 is 2.54 bits per heavy atom. The first-order chi connectivity index (χ1) is 13.3. The number of carboxylic acid groups (broad SMARTS) is 1. The fourth-order valence-electron chi connectivity index (χ4n) is 4.75. The predicted molar refractivity (Wildman–Crippen MR) is 114 cm³/mol. The number of aromatic carboxylic acids is 1. The van der Waals surface area contributed by atoms with Crippen molar-refractivity contribution in [1.29, 1.82) is 0 Å². The van der Waals surface area contributed by atoms with Crippen LogP contribution in [0, 0.1) is 32.6 Å². The summed E-state index contributed by atoms with van der Waals surface area (Å²) in [5, 5.41) is 13.6. The zero-order chi connectivity index (χ0) is 20.4. The first-order valence-corrected chi connectivity index (χ1v) is 10.5. The van der Waals surface area contributed by atoms with E-state index in [-0.39, 0.29) is 0 Å². The van der Waals surface area contributed by atoms with Crippen LogP contribution in [0.15, 0.2) is 24.3 Å². The maximum atomic E-state index is 12.1. The quantitative estimate of drug-likeness (QED) is 0.733. The number of nitrogens with zero attached hydrogens (tertiary/aromatic N) is 1. The van der Waals surface area contributed by atoms with Crippen LogP contribution >= 0.6 is 0 Å². The fourth-order valence-corrected chi connectivity index (χ4v) is 4.75. The van der Waals surface area contributed by atoms with Gasteiger partial charge in [-0.2, -0.15) is 0 Å². The van der Waals surface area contributed by atoms with E-state index < -0.39 is 5.97 Å². The van der Waals surface area contributed by atoms with E-state index in [4.69, 9.17) is 0 Å². The Bertz CT molecular complexity index is 853. The number of nitrogens with one attached hydrogen (secondary N) is 1. The molecule has 3 unspecified atom stereocenters. The number of carboxylic acids is 1. The van der Waals surface area contributed by atoms with Gasteiger partial charge in [0.2, 0.25) is 0 Å².